The standard InChI is InChI=1S/C16H22F2N2O4S/c1-3-20(4-2)14(21)6-5-11-19-15(22)12-7-9-13(10-8-12)25(23,24)16(17)18/h7-10,16H,3-6,11H2,1-2H3,(H,19,22). The molecule has 0 heterocycles. The first-order valence-corrected chi connectivity index (χ1v) is 9.46. The number of rotatable bonds is 9. The summed E-state index contributed by atoms with van der Waals surface area (Å²) in [6.07, 6.45) is 0.784. The highest BCUT2D eigenvalue weighted by Gasteiger charge is 2.26. The molecule has 0 saturated carbocycles. The maximum atomic E-state index is 12.4. The molecule has 0 aliphatic carbocycles. The molecule has 0 aromatic heterocycles. The van der Waals surface area contributed by atoms with Crippen LogP contribution in [-0.2, 0) is 14.6 Å². The lowest BCUT2D eigenvalue weighted by atomic mass is 10.2. The highest BCUT2D eigenvalue weighted by Crippen LogP contribution is 2.18. The van der Waals surface area contributed by atoms with Gasteiger partial charge in [-0.1, -0.05) is 0 Å². The molecule has 25 heavy (non-hydrogen) atoms. The first-order valence-electron chi connectivity index (χ1n) is 7.92. The molecule has 0 unspecified atom stereocenters. The number of nitrogens with one attached hydrogen (secondary N) is 1. The molecule has 0 spiro atoms. The van der Waals surface area contributed by atoms with Crippen LogP contribution in [0.25, 0.3) is 0 Å². The second kappa shape index (κ2) is 9.45. The van der Waals surface area contributed by atoms with Gasteiger partial charge in [0.25, 0.3) is 5.91 Å². The molecule has 2 amide bonds. The zero-order valence-electron chi connectivity index (χ0n) is 14.2. The summed E-state index contributed by atoms with van der Waals surface area (Å²) in [5.41, 5.74) is 0.156. The van der Waals surface area contributed by atoms with Crippen molar-refractivity contribution >= 4 is 21.7 Å². The fourth-order valence-electron chi connectivity index (χ4n) is 2.18. The molecule has 0 saturated heterocycles. The smallest absolute Gasteiger partial charge is 0.341 e. The highest BCUT2D eigenvalue weighted by atomic mass is 32.2. The SMILES string of the molecule is CCN(CC)C(=O)CCCNC(=O)c1ccc(S(=O)(=O)C(F)F)cc1. The summed E-state index contributed by atoms with van der Waals surface area (Å²) in [5.74, 6) is -3.95. The van der Waals surface area contributed by atoms with Crippen molar-refractivity contribution in [2.24, 2.45) is 0 Å². The van der Waals surface area contributed by atoms with E-state index in [0.717, 1.165) is 12.1 Å². The zero-order chi connectivity index (χ0) is 19.0. The van der Waals surface area contributed by atoms with Crippen LogP contribution in [0.5, 0.6) is 0 Å². The molecule has 0 radical (unpaired) electrons. The lowest BCUT2D eigenvalue weighted by Gasteiger charge is -2.18. The highest BCUT2D eigenvalue weighted by molar-refractivity contribution is 7.91. The molecule has 1 N–H and O–H groups in total. The third-order valence-electron chi connectivity index (χ3n) is 3.65. The van der Waals surface area contributed by atoms with Gasteiger partial charge in [-0.2, -0.15) is 8.78 Å². The first kappa shape index (κ1) is 21.0. The van der Waals surface area contributed by atoms with E-state index in [1.54, 1.807) is 4.90 Å². The minimum absolute atomic E-state index is 0.0146. The van der Waals surface area contributed by atoms with Crippen molar-refractivity contribution in [3.8, 4) is 0 Å². The van der Waals surface area contributed by atoms with Gasteiger partial charge < -0.3 is 10.2 Å². The van der Waals surface area contributed by atoms with Gasteiger partial charge in [0.05, 0.1) is 4.90 Å². The minimum atomic E-state index is -4.67. The Morgan fingerprint density at radius 2 is 1.68 bits per heavy atom. The second-order valence-corrected chi connectivity index (χ2v) is 7.17. The van der Waals surface area contributed by atoms with Crippen LogP contribution in [0.1, 0.15) is 37.0 Å². The number of halogens is 2. The van der Waals surface area contributed by atoms with E-state index in [9.17, 15) is 26.8 Å². The lowest BCUT2D eigenvalue weighted by molar-refractivity contribution is -0.130. The third kappa shape index (κ3) is 5.77. The van der Waals surface area contributed by atoms with Crippen LogP contribution >= 0.6 is 0 Å². The molecular formula is C16H22F2N2O4S. The van der Waals surface area contributed by atoms with Gasteiger partial charge in [-0.15, -0.1) is 0 Å². The summed E-state index contributed by atoms with van der Waals surface area (Å²) in [5, 5.41) is 2.60. The van der Waals surface area contributed by atoms with Crippen LogP contribution in [-0.4, -0.2) is 50.5 Å². The van der Waals surface area contributed by atoms with E-state index in [-0.39, 0.29) is 18.0 Å². The van der Waals surface area contributed by atoms with E-state index in [1.165, 1.54) is 12.1 Å². The molecule has 1 aromatic rings. The van der Waals surface area contributed by atoms with E-state index in [1.807, 2.05) is 13.8 Å². The van der Waals surface area contributed by atoms with Crippen molar-refractivity contribution in [3.63, 3.8) is 0 Å². The van der Waals surface area contributed by atoms with Gasteiger partial charge in [0.15, 0.2) is 0 Å². The average molecular weight is 376 g/mol. The molecule has 0 atom stereocenters. The van der Waals surface area contributed by atoms with Crippen molar-refractivity contribution in [1.29, 1.82) is 0 Å². The number of hydrogen-bond acceptors (Lipinski definition) is 4. The molecular weight excluding hydrogens is 354 g/mol. The van der Waals surface area contributed by atoms with Crippen LogP contribution in [0.4, 0.5) is 8.78 Å². The summed E-state index contributed by atoms with van der Waals surface area (Å²) in [4.78, 5) is 24.9. The maximum Gasteiger partial charge on any atom is 0.341 e. The van der Waals surface area contributed by atoms with Gasteiger partial charge in [0.1, 0.15) is 0 Å². The number of benzene rings is 1. The van der Waals surface area contributed by atoms with Crippen LogP contribution in [0.2, 0.25) is 0 Å². The van der Waals surface area contributed by atoms with Crippen molar-refractivity contribution < 1.29 is 26.8 Å². The lowest BCUT2D eigenvalue weighted by Crippen LogP contribution is -2.31. The Balaban J connectivity index is 2.52. The summed E-state index contributed by atoms with van der Waals surface area (Å²) in [6.45, 7) is 5.33. The summed E-state index contributed by atoms with van der Waals surface area (Å²) < 4.78 is 47.5. The van der Waals surface area contributed by atoms with E-state index in [4.69, 9.17) is 0 Å². The molecule has 0 aliphatic rings. The van der Waals surface area contributed by atoms with E-state index in [0.29, 0.717) is 25.9 Å². The molecule has 6 nitrogen and oxygen atoms in total. The predicted molar refractivity (Wildman–Crippen MR) is 89.1 cm³/mol. The quantitative estimate of drug-likeness (QED) is 0.669. The van der Waals surface area contributed by atoms with Gasteiger partial charge >= 0.3 is 5.76 Å². The molecule has 0 bridgehead atoms. The summed E-state index contributed by atoms with van der Waals surface area (Å²) >= 11 is 0. The van der Waals surface area contributed by atoms with E-state index >= 15 is 0 Å². The van der Waals surface area contributed by atoms with Crippen molar-refractivity contribution in [1.82, 2.24) is 10.2 Å². The number of hydrogen-bond donors (Lipinski definition) is 1. The fourth-order valence-corrected chi connectivity index (χ4v) is 2.90. The average Bonchev–Trinajstić information content (AvgIpc) is 2.59. The Labute approximate surface area is 146 Å². The van der Waals surface area contributed by atoms with Crippen LogP contribution in [0.3, 0.4) is 0 Å². The van der Waals surface area contributed by atoms with Gasteiger partial charge in [0.2, 0.25) is 15.7 Å². The zero-order valence-corrected chi connectivity index (χ0v) is 15.0. The first-order chi connectivity index (χ1) is 11.7. The van der Waals surface area contributed by atoms with E-state index in [2.05, 4.69) is 5.32 Å². The molecule has 0 fully saturated rings. The van der Waals surface area contributed by atoms with Crippen molar-refractivity contribution in [2.45, 2.75) is 37.3 Å². The van der Waals surface area contributed by atoms with Crippen molar-refractivity contribution in [3.05, 3.63) is 29.8 Å². The van der Waals surface area contributed by atoms with Gasteiger partial charge in [-0.3, -0.25) is 9.59 Å². The van der Waals surface area contributed by atoms with E-state index < -0.39 is 26.4 Å². The second-order valence-electron chi connectivity index (χ2n) is 5.26. The van der Waals surface area contributed by atoms with Gasteiger partial charge in [0, 0.05) is 31.6 Å². The van der Waals surface area contributed by atoms with Gasteiger partial charge in [-0.25, -0.2) is 8.42 Å². The summed E-state index contributed by atoms with van der Waals surface area (Å²) in [7, 11) is -4.67. The Hall–Kier alpha value is -2.03. The largest absolute Gasteiger partial charge is 0.352 e. The summed E-state index contributed by atoms with van der Waals surface area (Å²) in [6, 6.07) is 4.29. The van der Waals surface area contributed by atoms with Crippen molar-refractivity contribution in [2.75, 3.05) is 19.6 Å². The van der Waals surface area contributed by atoms with Crippen LogP contribution in [0.15, 0.2) is 29.2 Å². The Morgan fingerprint density at radius 3 is 2.16 bits per heavy atom. The Kier molecular flexibility index (Phi) is 7.95. The number of carbonyl (C=O) groups excluding carboxylic acids is 2. The third-order valence-corrected chi connectivity index (χ3v) is 5.05. The van der Waals surface area contributed by atoms with Crippen LogP contribution in [0, 0.1) is 0 Å². The minimum Gasteiger partial charge on any atom is -0.352 e. The number of carbonyl (C=O) groups is 2. The predicted octanol–water partition coefficient (Wildman–Crippen LogP) is 2.06. The number of amides is 2. The normalized spacial score (nSPS) is 11.4. The number of alkyl halides is 2. The molecule has 140 valence electrons. The maximum absolute atomic E-state index is 12.4. The van der Waals surface area contributed by atoms with Gasteiger partial charge in [-0.05, 0) is 44.5 Å². The molecule has 1 rings (SSSR count). The Bertz CT molecular complexity index is 687. The Morgan fingerprint density at radius 1 is 1.12 bits per heavy atom. The molecule has 0 aliphatic heterocycles. The van der Waals surface area contributed by atoms with Crippen LogP contribution < -0.4 is 5.32 Å². The monoisotopic (exact) mass is 376 g/mol. The number of sulfone groups is 1. The number of nitrogens with zero attached hydrogens (tertiary/aromatic N) is 1. The molecule has 1 aromatic carbocycles. The topological polar surface area (TPSA) is 83.6 Å². The fraction of sp³-hybridized carbons (Fsp3) is 0.500. The molecule has 9 heteroatoms.